The van der Waals surface area contributed by atoms with Crippen LogP contribution in [-0.2, 0) is 6.54 Å². The van der Waals surface area contributed by atoms with E-state index >= 15 is 0 Å². The van der Waals surface area contributed by atoms with Gasteiger partial charge in [0.05, 0.1) is 12.4 Å². The Kier molecular flexibility index (Phi) is 4.29. The molecule has 0 aliphatic heterocycles. The fraction of sp³-hybridized carbons (Fsp3) is 0.154. The molecule has 6 heteroatoms. The lowest BCUT2D eigenvalue weighted by Crippen LogP contribution is -2.19. The maximum Gasteiger partial charge on any atom is 0.147 e. The van der Waals surface area contributed by atoms with E-state index < -0.39 is 0 Å². The number of halogens is 1. The second-order valence-electron chi connectivity index (χ2n) is 4.11. The highest BCUT2D eigenvalue weighted by Gasteiger charge is 2.05. The lowest BCUT2D eigenvalue weighted by molar-refractivity contribution is 0.889. The summed E-state index contributed by atoms with van der Waals surface area (Å²) in [6.07, 6.45) is 3.24. The van der Waals surface area contributed by atoms with Crippen LogP contribution in [0.5, 0.6) is 0 Å². The third-order valence-corrected chi connectivity index (χ3v) is 3.08. The van der Waals surface area contributed by atoms with Crippen molar-refractivity contribution >= 4 is 34.6 Å². The Morgan fingerprint density at radius 1 is 1.26 bits per heavy atom. The molecule has 1 aromatic carbocycles. The molecule has 4 nitrogen and oxygen atoms in total. The average Bonchev–Trinajstić information content (AvgIpc) is 2.41. The van der Waals surface area contributed by atoms with Gasteiger partial charge in [-0.1, -0.05) is 36.0 Å². The number of benzene rings is 1. The van der Waals surface area contributed by atoms with Crippen molar-refractivity contribution in [2.24, 2.45) is 5.73 Å². The molecular weight excluding hydrogens is 280 g/mol. The van der Waals surface area contributed by atoms with Crippen molar-refractivity contribution in [2.45, 2.75) is 6.54 Å². The number of hydrogen-bond acceptors (Lipinski definition) is 4. The first-order valence-corrected chi connectivity index (χ1v) is 6.42. The van der Waals surface area contributed by atoms with Gasteiger partial charge < -0.3 is 10.6 Å². The van der Waals surface area contributed by atoms with E-state index in [2.05, 4.69) is 9.97 Å². The van der Waals surface area contributed by atoms with Gasteiger partial charge in [0.15, 0.2) is 0 Å². The van der Waals surface area contributed by atoms with Gasteiger partial charge in [-0.2, -0.15) is 0 Å². The predicted molar refractivity (Wildman–Crippen MR) is 81.5 cm³/mol. The highest BCUT2D eigenvalue weighted by molar-refractivity contribution is 7.80. The fourth-order valence-electron chi connectivity index (χ4n) is 1.59. The van der Waals surface area contributed by atoms with Gasteiger partial charge in [0, 0.05) is 18.6 Å². The van der Waals surface area contributed by atoms with Crippen molar-refractivity contribution < 1.29 is 0 Å². The summed E-state index contributed by atoms with van der Waals surface area (Å²) < 4.78 is 0. The predicted octanol–water partition coefficient (Wildman–Crippen LogP) is 2.40. The number of nitrogens with zero attached hydrogens (tertiary/aromatic N) is 3. The van der Waals surface area contributed by atoms with Gasteiger partial charge in [0.25, 0.3) is 0 Å². The van der Waals surface area contributed by atoms with E-state index in [1.54, 1.807) is 12.4 Å². The zero-order valence-electron chi connectivity index (χ0n) is 10.4. The van der Waals surface area contributed by atoms with Crippen LogP contribution in [0.3, 0.4) is 0 Å². The van der Waals surface area contributed by atoms with E-state index in [1.165, 1.54) is 0 Å². The van der Waals surface area contributed by atoms with Crippen LogP contribution in [0.25, 0.3) is 0 Å². The largest absolute Gasteiger partial charge is 0.388 e. The summed E-state index contributed by atoms with van der Waals surface area (Å²) in [6, 6.07) is 7.70. The first kappa shape index (κ1) is 13.7. The van der Waals surface area contributed by atoms with Crippen LogP contribution in [-0.4, -0.2) is 22.0 Å². The van der Waals surface area contributed by atoms with E-state index in [9.17, 15) is 0 Å². The smallest absolute Gasteiger partial charge is 0.147 e. The molecule has 0 spiro atoms. The summed E-state index contributed by atoms with van der Waals surface area (Å²) in [7, 11) is 1.94. The molecule has 0 aliphatic carbocycles. The molecule has 19 heavy (non-hydrogen) atoms. The van der Waals surface area contributed by atoms with Crippen molar-refractivity contribution in [3.63, 3.8) is 0 Å². The molecule has 0 radical (unpaired) electrons. The Labute approximate surface area is 122 Å². The summed E-state index contributed by atoms with van der Waals surface area (Å²) in [5.41, 5.74) is 7.15. The van der Waals surface area contributed by atoms with Crippen LogP contribution in [0.4, 0.5) is 5.82 Å². The van der Waals surface area contributed by atoms with Crippen LogP contribution < -0.4 is 10.6 Å². The maximum absolute atomic E-state index is 5.85. The standard InChI is InChI=1S/C13H13ClN4S/c1-18(8-9-2-4-10(14)5-3-9)12-7-16-11(6-17-12)13(15)19/h2-7H,8H2,1H3,(H2,15,19). The number of hydrogen-bond donors (Lipinski definition) is 1. The van der Waals surface area contributed by atoms with Crippen LogP contribution in [0.2, 0.25) is 5.02 Å². The SMILES string of the molecule is CN(Cc1ccc(Cl)cc1)c1cnc(C(N)=S)cn1. The van der Waals surface area contributed by atoms with E-state index in [0.717, 1.165) is 22.9 Å². The van der Waals surface area contributed by atoms with E-state index in [4.69, 9.17) is 29.6 Å². The number of anilines is 1. The monoisotopic (exact) mass is 292 g/mol. The van der Waals surface area contributed by atoms with Gasteiger partial charge in [0.1, 0.15) is 16.5 Å². The normalized spacial score (nSPS) is 10.2. The van der Waals surface area contributed by atoms with Gasteiger partial charge >= 0.3 is 0 Å². The molecule has 0 saturated carbocycles. The van der Waals surface area contributed by atoms with E-state index in [-0.39, 0.29) is 4.99 Å². The number of aromatic nitrogens is 2. The Hall–Kier alpha value is -1.72. The minimum Gasteiger partial charge on any atom is -0.388 e. The molecule has 0 amide bonds. The molecule has 2 rings (SSSR count). The molecule has 0 aliphatic rings. The topological polar surface area (TPSA) is 55.0 Å². The minimum atomic E-state index is 0.249. The molecule has 2 aromatic rings. The first-order chi connectivity index (χ1) is 9.06. The van der Waals surface area contributed by atoms with Crippen molar-refractivity contribution in [3.8, 4) is 0 Å². The number of nitrogens with two attached hydrogens (primary N) is 1. The van der Waals surface area contributed by atoms with Gasteiger partial charge in [-0.3, -0.25) is 0 Å². The zero-order chi connectivity index (χ0) is 13.8. The van der Waals surface area contributed by atoms with Crippen LogP contribution in [0.15, 0.2) is 36.7 Å². The Morgan fingerprint density at radius 2 is 1.95 bits per heavy atom. The first-order valence-electron chi connectivity index (χ1n) is 5.63. The lowest BCUT2D eigenvalue weighted by Gasteiger charge is -2.17. The Bertz CT molecular complexity index is 568. The summed E-state index contributed by atoms with van der Waals surface area (Å²) in [5, 5.41) is 0.729. The van der Waals surface area contributed by atoms with Crippen LogP contribution in [0.1, 0.15) is 11.3 Å². The Morgan fingerprint density at radius 3 is 2.47 bits per heavy atom. The lowest BCUT2D eigenvalue weighted by atomic mass is 10.2. The number of thiocarbonyl (C=S) groups is 1. The zero-order valence-corrected chi connectivity index (χ0v) is 11.9. The van der Waals surface area contributed by atoms with Gasteiger partial charge in [-0.25, -0.2) is 9.97 Å². The van der Waals surface area contributed by atoms with Crippen molar-refractivity contribution in [1.82, 2.24) is 9.97 Å². The summed E-state index contributed by atoms with van der Waals surface area (Å²) >= 11 is 10.7. The molecular formula is C13H13ClN4S. The van der Waals surface area contributed by atoms with Crippen molar-refractivity contribution in [3.05, 3.63) is 52.9 Å². The van der Waals surface area contributed by atoms with E-state index in [0.29, 0.717) is 5.69 Å². The molecule has 1 heterocycles. The van der Waals surface area contributed by atoms with Gasteiger partial charge in [-0.15, -0.1) is 0 Å². The number of rotatable bonds is 4. The van der Waals surface area contributed by atoms with Crippen molar-refractivity contribution in [2.75, 3.05) is 11.9 Å². The maximum atomic E-state index is 5.85. The summed E-state index contributed by atoms with van der Waals surface area (Å²) in [5.74, 6) is 0.759. The van der Waals surface area contributed by atoms with Crippen LogP contribution >= 0.6 is 23.8 Å². The summed E-state index contributed by atoms with van der Waals surface area (Å²) in [4.78, 5) is 10.7. The highest BCUT2D eigenvalue weighted by Crippen LogP contribution is 2.14. The molecule has 0 saturated heterocycles. The minimum absolute atomic E-state index is 0.249. The molecule has 98 valence electrons. The summed E-state index contributed by atoms with van der Waals surface area (Å²) in [6.45, 7) is 0.721. The average molecular weight is 293 g/mol. The fourth-order valence-corrected chi connectivity index (χ4v) is 1.82. The van der Waals surface area contributed by atoms with Gasteiger partial charge in [-0.05, 0) is 17.7 Å². The molecule has 2 N–H and O–H groups in total. The van der Waals surface area contributed by atoms with Crippen LogP contribution in [0, 0.1) is 0 Å². The third kappa shape index (κ3) is 3.62. The highest BCUT2D eigenvalue weighted by atomic mass is 35.5. The Balaban J connectivity index is 2.09. The van der Waals surface area contributed by atoms with E-state index in [1.807, 2.05) is 36.2 Å². The molecule has 1 aromatic heterocycles. The second kappa shape index (κ2) is 5.95. The quantitative estimate of drug-likeness (QED) is 0.877. The molecule has 0 fully saturated rings. The molecule has 0 bridgehead atoms. The van der Waals surface area contributed by atoms with Crippen molar-refractivity contribution in [1.29, 1.82) is 0 Å². The third-order valence-electron chi connectivity index (χ3n) is 2.61. The molecule has 0 atom stereocenters. The second-order valence-corrected chi connectivity index (χ2v) is 4.98. The van der Waals surface area contributed by atoms with Gasteiger partial charge in [0.2, 0.25) is 0 Å². The molecule has 0 unspecified atom stereocenters.